The number of amides is 1. The van der Waals surface area contributed by atoms with Gasteiger partial charge in [-0.05, 0) is 30.4 Å². The quantitative estimate of drug-likeness (QED) is 0.598. The average Bonchev–Trinajstić information content (AvgIpc) is 3.03. The molecule has 1 fully saturated rings. The highest BCUT2D eigenvalue weighted by atomic mass is 19.2. The number of halogens is 2. The molecule has 1 aromatic carbocycles. The maximum atomic E-state index is 13.8. The van der Waals surface area contributed by atoms with Gasteiger partial charge in [0.25, 0.3) is 0 Å². The first kappa shape index (κ1) is 20.6. The number of rotatable bonds is 6. The van der Waals surface area contributed by atoms with Gasteiger partial charge in [-0.3, -0.25) is 9.69 Å². The van der Waals surface area contributed by atoms with Crippen LogP contribution in [0.1, 0.15) is 32.3 Å². The van der Waals surface area contributed by atoms with Gasteiger partial charge in [-0.1, -0.05) is 19.1 Å². The minimum absolute atomic E-state index is 0.000196. The van der Waals surface area contributed by atoms with Gasteiger partial charge < -0.3 is 14.6 Å². The molecule has 1 amide bonds. The highest BCUT2D eigenvalue weighted by Crippen LogP contribution is 2.28. The molecular weight excluding hydrogens is 364 g/mol. The number of carbonyl (C=O) groups is 3. The molecule has 27 heavy (non-hydrogen) atoms. The van der Waals surface area contributed by atoms with Crippen LogP contribution in [0.5, 0.6) is 0 Å². The second kappa shape index (κ2) is 8.79. The van der Waals surface area contributed by atoms with Crippen molar-refractivity contribution in [3.05, 3.63) is 35.4 Å². The van der Waals surface area contributed by atoms with E-state index in [9.17, 15) is 28.3 Å². The lowest BCUT2D eigenvalue weighted by molar-refractivity contribution is -0.166. The van der Waals surface area contributed by atoms with Crippen molar-refractivity contribution in [3.8, 4) is 0 Å². The molecule has 7 nitrogen and oxygen atoms in total. The molecule has 0 saturated carbocycles. The van der Waals surface area contributed by atoms with E-state index in [0.717, 1.165) is 11.0 Å². The molecule has 1 N–H and O–H groups in total. The monoisotopic (exact) mass is 385 g/mol. The third kappa shape index (κ3) is 5.15. The summed E-state index contributed by atoms with van der Waals surface area (Å²) in [6, 6.07) is 2.62. The minimum Gasteiger partial charge on any atom is -0.480 e. The van der Waals surface area contributed by atoms with Crippen molar-refractivity contribution in [2.45, 2.75) is 45.4 Å². The third-order valence-electron chi connectivity index (χ3n) is 4.30. The Balaban J connectivity index is 2.05. The summed E-state index contributed by atoms with van der Waals surface area (Å²) < 4.78 is 37.0. The van der Waals surface area contributed by atoms with Crippen LogP contribution in [0.2, 0.25) is 0 Å². The first-order valence-corrected chi connectivity index (χ1v) is 8.55. The van der Waals surface area contributed by atoms with Gasteiger partial charge in [0.15, 0.2) is 11.6 Å². The highest BCUT2D eigenvalue weighted by molar-refractivity contribution is 5.81. The lowest BCUT2D eigenvalue weighted by Gasteiger charge is -2.23. The fraction of sp³-hybridized carbons (Fsp3) is 0.500. The molecule has 9 heteroatoms. The van der Waals surface area contributed by atoms with Crippen molar-refractivity contribution in [3.63, 3.8) is 0 Å². The molecule has 1 aliphatic rings. The number of hydrogen-bond donors (Lipinski definition) is 1. The predicted octanol–water partition coefficient (Wildman–Crippen LogP) is 2.72. The van der Waals surface area contributed by atoms with Crippen molar-refractivity contribution in [1.29, 1.82) is 0 Å². The van der Waals surface area contributed by atoms with Crippen LogP contribution in [-0.4, -0.2) is 46.9 Å². The van der Waals surface area contributed by atoms with Crippen molar-refractivity contribution < 1.29 is 37.7 Å². The van der Waals surface area contributed by atoms with E-state index in [1.807, 2.05) is 0 Å². The second-order valence-electron chi connectivity index (χ2n) is 6.32. The van der Waals surface area contributed by atoms with E-state index in [0.29, 0.717) is 0 Å². The van der Waals surface area contributed by atoms with Crippen molar-refractivity contribution in [2.24, 2.45) is 5.92 Å². The molecule has 148 valence electrons. The molecule has 1 heterocycles. The summed E-state index contributed by atoms with van der Waals surface area (Å²) >= 11 is 0. The number of carboxylic acid groups (broad SMARTS) is 1. The van der Waals surface area contributed by atoms with E-state index < -0.39 is 42.0 Å². The van der Waals surface area contributed by atoms with Crippen molar-refractivity contribution in [1.82, 2.24) is 4.90 Å². The summed E-state index contributed by atoms with van der Waals surface area (Å²) in [4.78, 5) is 36.0. The Labute approximate surface area is 154 Å². The molecule has 0 unspecified atom stereocenters. The number of esters is 1. The van der Waals surface area contributed by atoms with Gasteiger partial charge in [0.1, 0.15) is 6.04 Å². The molecule has 2 rings (SSSR count). The summed E-state index contributed by atoms with van der Waals surface area (Å²) in [5.74, 6) is -4.14. The molecular formula is C18H21F2NO6. The fourth-order valence-electron chi connectivity index (χ4n) is 3.03. The van der Waals surface area contributed by atoms with Crippen LogP contribution >= 0.6 is 0 Å². The molecule has 0 spiro atoms. The SMILES string of the molecule is CCC(=O)O[C@@H](C)OC(=O)N1C[C@@H](Cc2cccc(F)c2F)C[C@H]1C(=O)O. The summed E-state index contributed by atoms with van der Waals surface area (Å²) in [5, 5.41) is 9.36. The van der Waals surface area contributed by atoms with Crippen LogP contribution in [0.25, 0.3) is 0 Å². The number of carboxylic acids is 1. The first-order chi connectivity index (χ1) is 12.7. The zero-order valence-electron chi connectivity index (χ0n) is 15.0. The van der Waals surface area contributed by atoms with Gasteiger partial charge in [-0.15, -0.1) is 0 Å². The van der Waals surface area contributed by atoms with E-state index in [-0.39, 0.29) is 37.3 Å². The first-order valence-electron chi connectivity index (χ1n) is 8.55. The maximum Gasteiger partial charge on any atom is 0.413 e. The molecule has 0 aromatic heterocycles. The Bertz CT molecular complexity index is 726. The number of aliphatic carboxylic acids is 1. The van der Waals surface area contributed by atoms with Gasteiger partial charge in [-0.25, -0.2) is 18.4 Å². The van der Waals surface area contributed by atoms with Gasteiger partial charge in [-0.2, -0.15) is 0 Å². The Morgan fingerprint density at radius 3 is 2.63 bits per heavy atom. The van der Waals surface area contributed by atoms with Gasteiger partial charge in [0.2, 0.25) is 6.29 Å². The zero-order chi connectivity index (χ0) is 20.1. The second-order valence-corrected chi connectivity index (χ2v) is 6.32. The van der Waals surface area contributed by atoms with E-state index >= 15 is 0 Å². The van der Waals surface area contributed by atoms with Crippen LogP contribution in [0.15, 0.2) is 18.2 Å². The van der Waals surface area contributed by atoms with Gasteiger partial charge >= 0.3 is 18.0 Å². The smallest absolute Gasteiger partial charge is 0.413 e. The van der Waals surface area contributed by atoms with Crippen LogP contribution in [0, 0.1) is 17.6 Å². The number of likely N-dealkylation sites (tertiary alicyclic amines) is 1. The number of ether oxygens (including phenoxy) is 2. The number of carbonyl (C=O) groups excluding carboxylic acids is 2. The predicted molar refractivity (Wildman–Crippen MR) is 88.6 cm³/mol. The van der Waals surface area contributed by atoms with Gasteiger partial charge in [0, 0.05) is 19.9 Å². The lowest BCUT2D eigenvalue weighted by Crippen LogP contribution is -2.42. The molecule has 0 bridgehead atoms. The lowest BCUT2D eigenvalue weighted by atomic mass is 9.96. The fourth-order valence-corrected chi connectivity index (χ4v) is 3.03. The van der Waals surface area contributed by atoms with E-state index in [1.54, 1.807) is 6.92 Å². The van der Waals surface area contributed by atoms with Gasteiger partial charge in [0.05, 0.1) is 0 Å². The van der Waals surface area contributed by atoms with E-state index in [2.05, 4.69) is 0 Å². The van der Waals surface area contributed by atoms with E-state index in [1.165, 1.54) is 19.1 Å². The average molecular weight is 385 g/mol. The number of nitrogens with zero attached hydrogens (tertiary/aromatic N) is 1. The minimum atomic E-state index is -1.23. The molecule has 0 radical (unpaired) electrons. The van der Waals surface area contributed by atoms with Crippen molar-refractivity contribution >= 4 is 18.0 Å². The molecule has 1 saturated heterocycles. The topological polar surface area (TPSA) is 93.1 Å². The van der Waals surface area contributed by atoms with Crippen LogP contribution in [0.3, 0.4) is 0 Å². The number of hydrogen-bond acceptors (Lipinski definition) is 5. The largest absolute Gasteiger partial charge is 0.480 e. The Morgan fingerprint density at radius 2 is 2.00 bits per heavy atom. The summed E-state index contributed by atoms with van der Waals surface area (Å²) in [6.45, 7) is 2.92. The number of benzene rings is 1. The van der Waals surface area contributed by atoms with Crippen LogP contribution < -0.4 is 0 Å². The Kier molecular flexibility index (Phi) is 6.70. The standard InChI is InChI=1S/C18H21F2NO6/c1-3-15(22)26-10(2)27-18(25)21-9-11(8-14(21)17(23)24)7-12-5-4-6-13(19)16(12)20/h4-6,10-11,14H,3,7-9H2,1-2H3,(H,23,24)/t10-,11+,14+/m1/s1. The van der Waals surface area contributed by atoms with Crippen LogP contribution in [0.4, 0.5) is 13.6 Å². The third-order valence-corrected chi connectivity index (χ3v) is 4.30. The molecule has 1 aliphatic heterocycles. The summed E-state index contributed by atoms with van der Waals surface area (Å²) in [5.41, 5.74) is 0.115. The molecule has 1 aromatic rings. The molecule has 0 aliphatic carbocycles. The van der Waals surface area contributed by atoms with Crippen molar-refractivity contribution in [2.75, 3.05) is 6.54 Å². The van der Waals surface area contributed by atoms with Crippen LogP contribution in [-0.2, 0) is 25.5 Å². The normalized spacial score (nSPS) is 20.2. The Morgan fingerprint density at radius 1 is 1.30 bits per heavy atom. The Hall–Kier alpha value is -2.71. The zero-order valence-corrected chi connectivity index (χ0v) is 15.0. The maximum absolute atomic E-state index is 13.8. The van der Waals surface area contributed by atoms with E-state index in [4.69, 9.17) is 9.47 Å². The summed E-state index contributed by atoms with van der Waals surface area (Å²) in [7, 11) is 0. The molecule has 3 atom stereocenters. The highest BCUT2D eigenvalue weighted by Gasteiger charge is 2.41. The summed E-state index contributed by atoms with van der Waals surface area (Å²) in [6.07, 6.45) is -1.86.